The Labute approximate surface area is 103 Å². The molecule has 0 amide bonds. The Morgan fingerprint density at radius 2 is 2.19 bits per heavy atom. The molecule has 0 radical (unpaired) electrons. The Balaban J connectivity index is 1.77. The van der Waals surface area contributed by atoms with Gasteiger partial charge in [0.25, 0.3) is 0 Å². The molecule has 0 aromatic carbocycles. The molecule has 3 rings (SSSR count). The smallest absolute Gasteiger partial charge is 0.146 e. The molecule has 86 valence electrons. The van der Waals surface area contributed by atoms with Crippen LogP contribution in [-0.4, -0.2) is 16.0 Å². The zero-order chi connectivity index (χ0) is 11.1. The van der Waals surface area contributed by atoms with Crippen molar-refractivity contribution in [3.63, 3.8) is 0 Å². The highest BCUT2D eigenvalue weighted by atomic mass is 79.9. The van der Waals surface area contributed by atoms with Crippen LogP contribution in [0.15, 0.2) is 10.8 Å². The number of nitrogens with two attached hydrogens (primary N) is 1. The first-order valence-electron chi connectivity index (χ1n) is 5.76. The van der Waals surface area contributed by atoms with Crippen LogP contribution < -0.4 is 11.1 Å². The average molecular weight is 283 g/mol. The third-order valence-electron chi connectivity index (χ3n) is 3.88. The number of rotatable bonds is 2. The van der Waals surface area contributed by atoms with Gasteiger partial charge in [-0.05, 0) is 47.0 Å². The molecule has 0 spiro atoms. The van der Waals surface area contributed by atoms with Gasteiger partial charge in [-0.3, -0.25) is 0 Å². The molecule has 5 heteroatoms. The fraction of sp³-hybridized carbons (Fsp3) is 0.636. The molecule has 2 saturated carbocycles. The van der Waals surface area contributed by atoms with Gasteiger partial charge < -0.3 is 11.1 Å². The second-order valence-electron chi connectivity index (χ2n) is 4.85. The Kier molecular flexibility index (Phi) is 2.50. The van der Waals surface area contributed by atoms with E-state index in [0.717, 1.165) is 22.1 Å². The topological polar surface area (TPSA) is 63.8 Å². The van der Waals surface area contributed by atoms with E-state index in [1.54, 1.807) is 0 Å². The Bertz CT molecular complexity index is 409. The summed E-state index contributed by atoms with van der Waals surface area (Å²) in [5.74, 6) is 3.10. The fourth-order valence-corrected chi connectivity index (χ4v) is 3.40. The van der Waals surface area contributed by atoms with Crippen LogP contribution in [-0.2, 0) is 0 Å². The third kappa shape index (κ3) is 1.67. The summed E-state index contributed by atoms with van der Waals surface area (Å²) in [6, 6.07) is 0.573. The van der Waals surface area contributed by atoms with E-state index < -0.39 is 0 Å². The zero-order valence-corrected chi connectivity index (χ0v) is 10.6. The van der Waals surface area contributed by atoms with Gasteiger partial charge in [-0.2, -0.15) is 0 Å². The van der Waals surface area contributed by atoms with E-state index in [1.165, 1.54) is 32.0 Å². The second kappa shape index (κ2) is 3.87. The van der Waals surface area contributed by atoms with E-state index in [9.17, 15) is 0 Å². The molecule has 2 bridgehead atoms. The van der Waals surface area contributed by atoms with Crippen LogP contribution in [0.2, 0.25) is 0 Å². The quantitative estimate of drug-likeness (QED) is 0.875. The highest BCUT2D eigenvalue weighted by Crippen LogP contribution is 2.45. The van der Waals surface area contributed by atoms with Gasteiger partial charge in [-0.1, -0.05) is 6.42 Å². The maximum Gasteiger partial charge on any atom is 0.146 e. The standard InChI is InChI=1S/C11H15BrN4/c12-9-10(13)14-5-15-11(9)16-8-4-6-1-2-7(8)3-6/h5-8H,1-4H2,(H3,13,14,15,16). The molecule has 1 aromatic rings. The van der Waals surface area contributed by atoms with Crippen molar-refractivity contribution < 1.29 is 0 Å². The predicted octanol–water partition coefficient (Wildman–Crippen LogP) is 2.42. The van der Waals surface area contributed by atoms with Crippen LogP contribution in [0.1, 0.15) is 25.7 Å². The summed E-state index contributed by atoms with van der Waals surface area (Å²) in [5.41, 5.74) is 5.73. The van der Waals surface area contributed by atoms with Crippen LogP contribution in [0.25, 0.3) is 0 Å². The molecular formula is C11H15BrN4. The molecule has 3 atom stereocenters. The van der Waals surface area contributed by atoms with Gasteiger partial charge in [0, 0.05) is 6.04 Å². The predicted molar refractivity (Wildman–Crippen MR) is 67.0 cm³/mol. The van der Waals surface area contributed by atoms with E-state index in [4.69, 9.17) is 5.73 Å². The lowest BCUT2D eigenvalue weighted by Gasteiger charge is -2.23. The molecule has 2 aliphatic carbocycles. The summed E-state index contributed by atoms with van der Waals surface area (Å²) in [6.45, 7) is 0. The van der Waals surface area contributed by atoms with E-state index in [1.807, 2.05) is 0 Å². The molecule has 16 heavy (non-hydrogen) atoms. The summed E-state index contributed by atoms with van der Waals surface area (Å²) < 4.78 is 0.790. The van der Waals surface area contributed by atoms with Crippen LogP contribution in [0.4, 0.5) is 11.6 Å². The molecule has 1 heterocycles. The second-order valence-corrected chi connectivity index (χ2v) is 5.64. The number of hydrogen-bond acceptors (Lipinski definition) is 4. The molecule has 3 N–H and O–H groups in total. The minimum Gasteiger partial charge on any atom is -0.383 e. The van der Waals surface area contributed by atoms with Crippen molar-refractivity contribution >= 4 is 27.6 Å². The molecule has 2 aliphatic rings. The number of anilines is 2. The number of nitrogens with one attached hydrogen (secondary N) is 1. The molecule has 4 nitrogen and oxygen atoms in total. The van der Waals surface area contributed by atoms with E-state index in [2.05, 4.69) is 31.2 Å². The third-order valence-corrected chi connectivity index (χ3v) is 4.66. The molecule has 1 aromatic heterocycles. The van der Waals surface area contributed by atoms with Crippen molar-refractivity contribution in [2.45, 2.75) is 31.7 Å². The van der Waals surface area contributed by atoms with Crippen molar-refractivity contribution in [1.29, 1.82) is 0 Å². The Hall–Kier alpha value is -0.840. The first-order chi connectivity index (χ1) is 7.74. The van der Waals surface area contributed by atoms with Crippen molar-refractivity contribution in [3.8, 4) is 0 Å². The Morgan fingerprint density at radius 3 is 2.88 bits per heavy atom. The summed E-state index contributed by atoms with van der Waals surface area (Å²) in [6.07, 6.45) is 6.95. The molecule has 3 unspecified atom stereocenters. The zero-order valence-electron chi connectivity index (χ0n) is 8.99. The lowest BCUT2D eigenvalue weighted by molar-refractivity contribution is 0.439. The fourth-order valence-electron chi connectivity index (χ4n) is 3.08. The summed E-state index contributed by atoms with van der Waals surface area (Å²) in [7, 11) is 0. The normalized spacial score (nSPS) is 31.9. The van der Waals surface area contributed by atoms with Gasteiger partial charge in [-0.25, -0.2) is 9.97 Å². The lowest BCUT2D eigenvalue weighted by atomic mass is 9.95. The van der Waals surface area contributed by atoms with Crippen LogP contribution in [0.5, 0.6) is 0 Å². The number of fused-ring (bicyclic) bond motifs is 2. The maximum absolute atomic E-state index is 5.73. The van der Waals surface area contributed by atoms with Gasteiger partial charge >= 0.3 is 0 Å². The van der Waals surface area contributed by atoms with E-state index in [0.29, 0.717) is 11.9 Å². The van der Waals surface area contributed by atoms with Crippen LogP contribution in [0, 0.1) is 11.8 Å². The van der Waals surface area contributed by atoms with Crippen LogP contribution in [0.3, 0.4) is 0 Å². The number of nitrogen functional groups attached to an aromatic ring is 1. The number of hydrogen-bond donors (Lipinski definition) is 2. The van der Waals surface area contributed by atoms with Gasteiger partial charge in [0.15, 0.2) is 0 Å². The number of nitrogens with zero attached hydrogens (tertiary/aromatic N) is 2. The summed E-state index contributed by atoms with van der Waals surface area (Å²) in [5, 5.41) is 3.50. The largest absolute Gasteiger partial charge is 0.383 e. The first-order valence-corrected chi connectivity index (χ1v) is 6.56. The number of halogens is 1. The van der Waals surface area contributed by atoms with Crippen molar-refractivity contribution in [2.24, 2.45) is 11.8 Å². The van der Waals surface area contributed by atoms with Crippen molar-refractivity contribution in [2.75, 3.05) is 11.1 Å². The molecule has 2 fully saturated rings. The van der Waals surface area contributed by atoms with Crippen LogP contribution >= 0.6 is 15.9 Å². The SMILES string of the molecule is Nc1ncnc(NC2CC3CCC2C3)c1Br. The minimum absolute atomic E-state index is 0.501. The highest BCUT2D eigenvalue weighted by molar-refractivity contribution is 9.10. The number of aromatic nitrogens is 2. The van der Waals surface area contributed by atoms with Gasteiger partial charge in [0.05, 0.1) is 0 Å². The van der Waals surface area contributed by atoms with E-state index >= 15 is 0 Å². The summed E-state index contributed by atoms with van der Waals surface area (Å²) in [4.78, 5) is 8.18. The highest BCUT2D eigenvalue weighted by Gasteiger charge is 2.39. The maximum atomic E-state index is 5.73. The average Bonchev–Trinajstić information content (AvgIpc) is 2.86. The lowest BCUT2D eigenvalue weighted by Crippen LogP contribution is -2.26. The monoisotopic (exact) mass is 282 g/mol. The van der Waals surface area contributed by atoms with Crippen molar-refractivity contribution in [1.82, 2.24) is 9.97 Å². The van der Waals surface area contributed by atoms with Gasteiger partial charge in [0.1, 0.15) is 22.4 Å². The molecular weight excluding hydrogens is 268 g/mol. The first kappa shape index (κ1) is 10.3. The summed E-state index contributed by atoms with van der Waals surface area (Å²) >= 11 is 3.43. The molecule has 0 aliphatic heterocycles. The van der Waals surface area contributed by atoms with E-state index in [-0.39, 0.29) is 0 Å². The molecule has 0 saturated heterocycles. The van der Waals surface area contributed by atoms with Gasteiger partial charge in [0.2, 0.25) is 0 Å². The Morgan fingerprint density at radius 1 is 1.31 bits per heavy atom. The van der Waals surface area contributed by atoms with Crippen molar-refractivity contribution in [3.05, 3.63) is 10.8 Å². The van der Waals surface area contributed by atoms with Gasteiger partial charge in [-0.15, -0.1) is 0 Å². The minimum atomic E-state index is 0.501.